The summed E-state index contributed by atoms with van der Waals surface area (Å²) in [7, 11) is 0. The van der Waals surface area contributed by atoms with Gasteiger partial charge in [-0.2, -0.15) is 0 Å². The maximum Gasteiger partial charge on any atom is 0.0540 e. The lowest BCUT2D eigenvalue weighted by molar-refractivity contribution is -0.0103. The first-order valence-electron chi connectivity index (χ1n) is 22.2. The van der Waals surface area contributed by atoms with Crippen molar-refractivity contribution in [3.05, 3.63) is 211 Å². The van der Waals surface area contributed by atoms with Gasteiger partial charge in [-0.05, 0) is 159 Å². The molecule has 0 heterocycles. The molecule has 1 heteroatoms. The minimum atomic E-state index is 0.178. The highest BCUT2D eigenvalue weighted by atomic mass is 15.1. The van der Waals surface area contributed by atoms with Gasteiger partial charge in [-0.1, -0.05) is 164 Å². The summed E-state index contributed by atoms with van der Waals surface area (Å²) in [6, 6.07) is 74.5. The Balaban J connectivity index is 0.958. The molecule has 0 N–H and O–H groups in total. The van der Waals surface area contributed by atoms with Crippen molar-refractivity contribution in [2.75, 3.05) is 4.90 Å². The molecule has 3 saturated carbocycles. The number of hydrogen-bond donors (Lipinski definition) is 0. The minimum absolute atomic E-state index is 0.178. The Labute approximate surface area is 355 Å². The van der Waals surface area contributed by atoms with E-state index in [0.29, 0.717) is 0 Å². The predicted octanol–water partition coefficient (Wildman–Crippen LogP) is 15.9. The van der Waals surface area contributed by atoms with E-state index in [4.69, 9.17) is 0 Å². The number of benzene rings is 8. The highest BCUT2D eigenvalue weighted by molar-refractivity contribution is 5.92. The van der Waals surface area contributed by atoms with Crippen LogP contribution in [0.2, 0.25) is 0 Å². The molecule has 0 aliphatic heterocycles. The molecular formula is C59H49N. The van der Waals surface area contributed by atoms with Crippen LogP contribution in [0.5, 0.6) is 0 Å². The third kappa shape index (κ3) is 5.81. The second-order valence-electron chi connectivity index (χ2n) is 18.1. The van der Waals surface area contributed by atoms with Gasteiger partial charge in [0.15, 0.2) is 0 Å². The van der Waals surface area contributed by atoms with Crippen molar-refractivity contribution in [2.24, 2.45) is 23.7 Å². The molecule has 5 atom stereocenters. The van der Waals surface area contributed by atoms with Gasteiger partial charge in [-0.3, -0.25) is 0 Å². The van der Waals surface area contributed by atoms with Crippen molar-refractivity contribution >= 4 is 17.1 Å². The Morgan fingerprint density at radius 1 is 0.367 bits per heavy atom. The Bertz CT molecular complexity index is 2820. The highest BCUT2D eigenvalue weighted by Crippen LogP contribution is 2.66. The molecule has 12 rings (SSSR count). The molecule has 3 fully saturated rings. The lowest BCUT2D eigenvalue weighted by Gasteiger charge is -2.57. The van der Waals surface area contributed by atoms with Crippen molar-refractivity contribution in [1.82, 2.24) is 0 Å². The Kier molecular flexibility index (Phi) is 8.51. The zero-order valence-electron chi connectivity index (χ0n) is 34.1. The monoisotopic (exact) mass is 771 g/mol. The van der Waals surface area contributed by atoms with Crippen LogP contribution in [0.15, 0.2) is 200 Å². The zero-order chi connectivity index (χ0) is 39.6. The molecular weight excluding hydrogens is 723 g/mol. The SMILES string of the molecule is c1ccc(-c2ccc(N(c3ccc(-c4ccc5c(c4)-c4ccccc4C54CC5CCC6CC5CC4C6)cc3)c3ccc(-c4ccccc4)cc3-c3ccccc3)cc2)cc1. The summed E-state index contributed by atoms with van der Waals surface area (Å²) < 4.78 is 0. The van der Waals surface area contributed by atoms with Crippen LogP contribution in [-0.4, -0.2) is 0 Å². The van der Waals surface area contributed by atoms with E-state index >= 15 is 0 Å². The molecule has 60 heavy (non-hydrogen) atoms. The zero-order valence-corrected chi connectivity index (χ0v) is 34.1. The summed E-state index contributed by atoms with van der Waals surface area (Å²) in [5.74, 6) is 3.52. The molecule has 0 saturated heterocycles. The standard InChI is InChI=1S/C59H49N/c1-4-12-41(13-5-1)43-22-28-51(29-23-43)60(58-33-27-47(42-14-6-2-7-15-42)37-54(58)45-16-8-3-9-17-45)52-30-24-44(25-31-52)46-26-32-57-55(38-46)53-18-10-11-19-56(53)59(57)39-48-21-20-40-34-49(48)36-50(59)35-40/h1-19,22-33,37-38,40,48-50H,20-21,34-36,39H2. The number of anilines is 3. The molecule has 8 aromatic carbocycles. The first-order chi connectivity index (χ1) is 29.7. The molecule has 290 valence electrons. The number of fused-ring (bicyclic) bond motifs is 8. The topological polar surface area (TPSA) is 3.24 Å². The van der Waals surface area contributed by atoms with Crippen molar-refractivity contribution in [2.45, 2.75) is 43.9 Å². The fourth-order valence-corrected chi connectivity index (χ4v) is 12.3. The van der Waals surface area contributed by atoms with E-state index in [1.165, 1.54) is 94.2 Å². The van der Waals surface area contributed by atoms with Crippen molar-refractivity contribution < 1.29 is 0 Å². The van der Waals surface area contributed by atoms with Crippen LogP contribution < -0.4 is 4.90 Å². The van der Waals surface area contributed by atoms with E-state index in [-0.39, 0.29) is 5.41 Å². The van der Waals surface area contributed by atoms with Crippen molar-refractivity contribution in [3.63, 3.8) is 0 Å². The van der Waals surface area contributed by atoms with Gasteiger partial charge in [-0.25, -0.2) is 0 Å². The summed E-state index contributed by atoms with van der Waals surface area (Å²) in [5, 5.41) is 0. The van der Waals surface area contributed by atoms with Crippen LogP contribution in [0, 0.1) is 23.7 Å². The van der Waals surface area contributed by atoms with E-state index in [1.807, 2.05) is 0 Å². The van der Waals surface area contributed by atoms with E-state index in [9.17, 15) is 0 Å². The fourth-order valence-electron chi connectivity index (χ4n) is 12.3. The second-order valence-corrected chi connectivity index (χ2v) is 18.1. The van der Waals surface area contributed by atoms with E-state index in [1.54, 1.807) is 11.1 Å². The molecule has 4 aliphatic carbocycles. The van der Waals surface area contributed by atoms with Gasteiger partial charge >= 0.3 is 0 Å². The average Bonchev–Trinajstić information content (AvgIpc) is 3.60. The van der Waals surface area contributed by atoms with Crippen LogP contribution in [0.4, 0.5) is 17.1 Å². The number of rotatable bonds is 7. The molecule has 0 amide bonds. The van der Waals surface area contributed by atoms with Crippen LogP contribution in [0.3, 0.4) is 0 Å². The van der Waals surface area contributed by atoms with Crippen molar-refractivity contribution in [1.29, 1.82) is 0 Å². The van der Waals surface area contributed by atoms with E-state index < -0.39 is 0 Å². The lowest BCUT2D eigenvalue weighted by Crippen LogP contribution is -2.50. The summed E-state index contributed by atoms with van der Waals surface area (Å²) in [6.07, 6.45) is 8.55. The maximum absolute atomic E-state index is 2.54. The third-order valence-electron chi connectivity index (χ3n) is 15.1. The Morgan fingerprint density at radius 2 is 0.883 bits per heavy atom. The van der Waals surface area contributed by atoms with Gasteiger partial charge in [-0.15, -0.1) is 0 Å². The maximum atomic E-state index is 2.54. The largest absolute Gasteiger partial charge is 0.310 e. The first-order valence-corrected chi connectivity index (χ1v) is 22.2. The van der Waals surface area contributed by atoms with Crippen LogP contribution >= 0.6 is 0 Å². The normalized spacial score (nSPS) is 22.0. The number of nitrogens with zero attached hydrogens (tertiary/aromatic N) is 1. The smallest absolute Gasteiger partial charge is 0.0540 e. The quantitative estimate of drug-likeness (QED) is 0.156. The van der Waals surface area contributed by atoms with Gasteiger partial charge in [0, 0.05) is 22.4 Å². The average molecular weight is 772 g/mol. The summed E-state index contributed by atoms with van der Waals surface area (Å²) in [6.45, 7) is 0. The van der Waals surface area contributed by atoms with Crippen LogP contribution in [0.1, 0.15) is 49.7 Å². The summed E-state index contributed by atoms with van der Waals surface area (Å²) in [4.78, 5) is 2.44. The van der Waals surface area contributed by atoms with Crippen LogP contribution in [-0.2, 0) is 5.41 Å². The van der Waals surface area contributed by atoms with Gasteiger partial charge in [0.2, 0.25) is 0 Å². The molecule has 0 aromatic heterocycles. The second kappa shape index (κ2) is 14.4. The molecule has 1 spiro atoms. The van der Waals surface area contributed by atoms with Gasteiger partial charge in [0.25, 0.3) is 0 Å². The molecule has 4 aliphatic rings. The third-order valence-corrected chi connectivity index (χ3v) is 15.1. The molecule has 1 nitrogen and oxygen atoms in total. The van der Waals surface area contributed by atoms with Gasteiger partial charge in [0.05, 0.1) is 5.69 Å². The highest BCUT2D eigenvalue weighted by Gasteiger charge is 2.57. The minimum Gasteiger partial charge on any atom is -0.310 e. The Morgan fingerprint density at radius 3 is 1.57 bits per heavy atom. The van der Waals surface area contributed by atoms with Gasteiger partial charge in [0.1, 0.15) is 0 Å². The van der Waals surface area contributed by atoms with Crippen molar-refractivity contribution in [3.8, 4) is 55.6 Å². The molecule has 5 unspecified atom stereocenters. The predicted molar refractivity (Wildman–Crippen MR) is 251 cm³/mol. The Hall–Kier alpha value is -6.44. The first kappa shape index (κ1) is 35.5. The van der Waals surface area contributed by atoms with E-state index in [0.717, 1.165) is 40.7 Å². The lowest BCUT2D eigenvalue weighted by atomic mass is 9.47. The van der Waals surface area contributed by atoms with Crippen LogP contribution in [0.25, 0.3) is 55.6 Å². The molecule has 0 radical (unpaired) electrons. The summed E-state index contributed by atoms with van der Waals surface area (Å²) in [5.41, 5.74) is 19.5. The molecule has 8 aromatic rings. The summed E-state index contributed by atoms with van der Waals surface area (Å²) >= 11 is 0. The van der Waals surface area contributed by atoms with Gasteiger partial charge < -0.3 is 4.90 Å². The fraction of sp³-hybridized carbons (Fsp3) is 0.186. The molecule has 3 bridgehead atoms. The van der Waals surface area contributed by atoms with E-state index in [2.05, 4.69) is 205 Å². The number of hydrogen-bond acceptors (Lipinski definition) is 1.